The molecule has 0 saturated carbocycles. The van der Waals surface area contributed by atoms with Crippen molar-refractivity contribution in [3.63, 3.8) is 0 Å². The molecule has 2 heteroatoms. The second kappa shape index (κ2) is 7.09. The van der Waals surface area contributed by atoms with Crippen LogP contribution in [0.5, 0.6) is 5.75 Å². The van der Waals surface area contributed by atoms with Gasteiger partial charge in [0.15, 0.2) is 0 Å². The summed E-state index contributed by atoms with van der Waals surface area (Å²) in [5.41, 5.74) is 2.98. The first-order valence-electron chi connectivity index (χ1n) is 7.89. The van der Waals surface area contributed by atoms with E-state index in [2.05, 4.69) is 72.9 Å². The molecule has 0 aromatic heterocycles. The van der Waals surface area contributed by atoms with Gasteiger partial charge in [0.2, 0.25) is 0 Å². The molecule has 0 saturated heterocycles. The van der Waals surface area contributed by atoms with E-state index in [9.17, 15) is 0 Å². The molecule has 1 rings (SSSR count). The lowest BCUT2D eigenvalue weighted by Gasteiger charge is -2.26. The van der Waals surface area contributed by atoms with Crippen LogP contribution >= 0.6 is 11.8 Å². The average molecular weight is 309 g/mol. The Bertz CT molecular complexity index is 415. The highest BCUT2D eigenvalue weighted by molar-refractivity contribution is 7.99. The van der Waals surface area contributed by atoms with Crippen LogP contribution < -0.4 is 4.74 Å². The Morgan fingerprint density at radius 3 is 1.76 bits per heavy atom. The molecule has 120 valence electrons. The Balaban J connectivity index is 3.08. The van der Waals surface area contributed by atoms with Crippen LogP contribution in [0.2, 0.25) is 0 Å². The van der Waals surface area contributed by atoms with E-state index in [4.69, 9.17) is 4.74 Å². The van der Waals surface area contributed by atoms with Crippen LogP contribution in [-0.2, 0) is 10.8 Å². The number of ether oxygens (including phenoxy) is 1. The molecule has 1 aromatic carbocycles. The Morgan fingerprint density at radius 2 is 1.43 bits per heavy atom. The predicted molar refractivity (Wildman–Crippen MR) is 96.9 cm³/mol. The first kappa shape index (κ1) is 18.4. The molecule has 0 heterocycles. The van der Waals surface area contributed by atoms with Gasteiger partial charge in [-0.3, -0.25) is 0 Å². The van der Waals surface area contributed by atoms with Crippen LogP contribution in [0.3, 0.4) is 0 Å². The van der Waals surface area contributed by atoms with E-state index < -0.39 is 0 Å². The van der Waals surface area contributed by atoms with Crippen LogP contribution in [0.4, 0.5) is 0 Å². The van der Waals surface area contributed by atoms with Crippen LogP contribution in [0.25, 0.3) is 0 Å². The second-order valence-corrected chi connectivity index (χ2v) is 8.96. The second-order valence-electron chi connectivity index (χ2n) is 7.82. The third kappa shape index (κ3) is 5.58. The fourth-order valence-corrected chi connectivity index (χ4v) is 2.63. The minimum absolute atomic E-state index is 0.142. The van der Waals surface area contributed by atoms with Crippen molar-refractivity contribution < 1.29 is 4.74 Å². The zero-order chi connectivity index (χ0) is 16.3. The summed E-state index contributed by atoms with van der Waals surface area (Å²) >= 11 is 1.88. The molecule has 1 atom stereocenters. The third-order valence-corrected chi connectivity index (χ3v) is 5.00. The van der Waals surface area contributed by atoms with Gasteiger partial charge in [0.05, 0.1) is 0 Å². The fourth-order valence-electron chi connectivity index (χ4n) is 2.09. The summed E-state index contributed by atoms with van der Waals surface area (Å²) in [6, 6.07) is 6.75. The van der Waals surface area contributed by atoms with Gasteiger partial charge in [-0.1, -0.05) is 54.5 Å². The van der Waals surface area contributed by atoms with E-state index in [-0.39, 0.29) is 10.8 Å². The molecular formula is C19H32OS. The van der Waals surface area contributed by atoms with E-state index in [0.29, 0.717) is 5.25 Å². The summed E-state index contributed by atoms with van der Waals surface area (Å²) in [6.07, 6.45) is 3.30. The van der Waals surface area contributed by atoms with Crippen LogP contribution in [-0.4, -0.2) is 18.1 Å². The molecule has 21 heavy (non-hydrogen) atoms. The summed E-state index contributed by atoms with van der Waals surface area (Å²) in [6.45, 7) is 16.6. The van der Waals surface area contributed by atoms with E-state index in [1.165, 1.54) is 11.1 Å². The van der Waals surface area contributed by atoms with Gasteiger partial charge in [-0.15, -0.1) is 0 Å². The lowest BCUT2D eigenvalue weighted by Crippen LogP contribution is -2.18. The molecule has 0 aliphatic heterocycles. The summed E-state index contributed by atoms with van der Waals surface area (Å²) in [5.74, 6) is 1.01. The summed E-state index contributed by atoms with van der Waals surface area (Å²) < 4.78 is 6.10. The highest BCUT2D eigenvalue weighted by Gasteiger charge is 2.21. The highest BCUT2D eigenvalue weighted by atomic mass is 32.2. The van der Waals surface area contributed by atoms with E-state index in [1.54, 1.807) is 0 Å². The third-order valence-electron chi connectivity index (χ3n) is 3.86. The number of thioether (sulfide) groups is 1. The summed E-state index contributed by atoms with van der Waals surface area (Å²) in [7, 11) is 0. The van der Waals surface area contributed by atoms with Gasteiger partial charge in [-0.05, 0) is 46.8 Å². The van der Waals surface area contributed by atoms with Crippen LogP contribution in [0.15, 0.2) is 18.2 Å². The summed E-state index contributed by atoms with van der Waals surface area (Å²) in [4.78, 5) is 0. The maximum absolute atomic E-state index is 6.10. The molecule has 1 unspecified atom stereocenters. The average Bonchev–Trinajstić information content (AvgIpc) is 2.37. The maximum atomic E-state index is 6.10. The van der Waals surface area contributed by atoms with Gasteiger partial charge in [0, 0.05) is 5.25 Å². The molecule has 0 radical (unpaired) electrons. The van der Waals surface area contributed by atoms with Crippen molar-refractivity contribution in [2.45, 2.75) is 71.0 Å². The van der Waals surface area contributed by atoms with Gasteiger partial charge < -0.3 is 4.74 Å². The van der Waals surface area contributed by atoms with Crippen LogP contribution in [0, 0.1) is 0 Å². The number of hydrogen-bond acceptors (Lipinski definition) is 2. The molecule has 0 amide bonds. The number of benzene rings is 1. The fraction of sp³-hybridized carbons (Fsp3) is 0.684. The molecule has 0 bridgehead atoms. The van der Waals surface area contributed by atoms with Crippen molar-refractivity contribution >= 4 is 11.8 Å². The quantitative estimate of drug-likeness (QED) is 0.679. The van der Waals surface area contributed by atoms with Gasteiger partial charge in [-0.2, -0.15) is 11.8 Å². The van der Waals surface area contributed by atoms with Crippen molar-refractivity contribution in [1.82, 2.24) is 0 Å². The van der Waals surface area contributed by atoms with Crippen molar-refractivity contribution in [3.8, 4) is 5.75 Å². The standard InChI is InChI=1S/C19H32OS/c1-9-17(21-8)13-20-16-11-14(18(2,3)4)10-15(12-16)19(5,6)7/h10-12,17H,9,13H2,1-8H3. The summed E-state index contributed by atoms with van der Waals surface area (Å²) in [5, 5.41) is 0.571. The topological polar surface area (TPSA) is 9.23 Å². The van der Waals surface area contributed by atoms with E-state index in [1.807, 2.05) is 11.8 Å². The maximum Gasteiger partial charge on any atom is 0.119 e. The van der Waals surface area contributed by atoms with Gasteiger partial charge >= 0.3 is 0 Å². The Kier molecular flexibility index (Phi) is 6.22. The highest BCUT2D eigenvalue weighted by Crippen LogP contribution is 2.33. The minimum Gasteiger partial charge on any atom is -0.492 e. The normalized spacial score (nSPS) is 14.1. The minimum atomic E-state index is 0.142. The van der Waals surface area contributed by atoms with E-state index in [0.717, 1.165) is 18.8 Å². The van der Waals surface area contributed by atoms with Gasteiger partial charge in [0.1, 0.15) is 12.4 Å². The SMILES string of the molecule is CCC(COc1cc(C(C)(C)C)cc(C(C)(C)C)c1)SC. The van der Waals surface area contributed by atoms with Crippen molar-refractivity contribution in [2.75, 3.05) is 12.9 Å². The molecule has 0 spiro atoms. The number of rotatable bonds is 5. The van der Waals surface area contributed by atoms with Crippen LogP contribution in [0.1, 0.15) is 66.0 Å². The molecule has 0 aliphatic carbocycles. The smallest absolute Gasteiger partial charge is 0.119 e. The van der Waals surface area contributed by atoms with Crippen molar-refractivity contribution in [3.05, 3.63) is 29.3 Å². The molecular weight excluding hydrogens is 276 g/mol. The molecule has 0 fully saturated rings. The lowest BCUT2D eigenvalue weighted by molar-refractivity contribution is 0.313. The van der Waals surface area contributed by atoms with Crippen molar-refractivity contribution in [1.29, 1.82) is 0 Å². The Hall–Kier alpha value is -0.630. The first-order chi connectivity index (χ1) is 9.57. The zero-order valence-corrected chi connectivity index (χ0v) is 15.9. The first-order valence-corrected chi connectivity index (χ1v) is 9.18. The van der Waals surface area contributed by atoms with Gasteiger partial charge in [-0.25, -0.2) is 0 Å². The zero-order valence-electron chi connectivity index (χ0n) is 15.0. The molecule has 1 nitrogen and oxygen atoms in total. The lowest BCUT2D eigenvalue weighted by atomic mass is 9.80. The predicted octanol–water partition coefficient (Wildman–Crippen LogP) is 5.80. The molecule has 1 aromatic rings. The van der Waals surface area contributed by atoms with Crippen molar-refractivity contribution in [2.24, 2.45) is 0 Å². The molecule has 0 N–H and O–H groups in total. The Morgan fingerprint density at radius 1 is 0.952 bits per heavy atom. The monoisotopic (exact) mass is 308 g/mol. The largest absolute Gasteiger partial charge is 0.492 e. The Labute approximate surface area is 135 Å². The van der Waals surface area contributed by atoms with Gasteiger partial charge in [0.25, 0.3) is 0 Å². The number of hydrogen-bond donors (Lipinski definition) is 0. The van der Waals surface area contributed by atoms with E-state index >= 15 is 0 Å². The molecule has 0 aliphatic rings.